The minimum Gasteiger partial charge on any atom is -0.595 e. The minimum atomic E-state index is -1.07. The quantitative estimate of drug-likeness (QED) is 0.612. The van der Waals surface area contributed by atoms with Crippen molar-refractivity contribution in [2.45, 2.75) is 0 Å². The van der Waals surface area contributed by atoms with Crippen molar-refractivity contribution in [3.05, 3.63) is 29.2 Å². The number of pyridine rings is 1. The Morgan fingerprint density at radius 1 is 1.61 bits per heavy atom. The van der Waals surface area contributed by atoms with Crippen molar-refractivity contribution in [2.24, 2.45) is 0 Å². The summed E-state index contributed by atoms with van der Waals surface area (Å²) >= 11 is 0. The fourth-order valence-electron chi connectivity index (χ4n) is 1.17. The highest BCUT2D eigenvalue weighted by molar-refractivity contribution is 5.92. The minimum absolute atomic E-state index is 0. The number of quaternary nitrogens is 1. The summed E-state index contributed by atoms with van der Waals surface area (Å²) in [7, 11) is 3.80. The van der Waals surface area contributed by atoms with Crippen LogP contribution in [0.2, 0.25) is 0 Å². The van der Waals surface area contributed by atoms with Crippen LogP contribution in [0.3, 0.4) is 0 Å². The Morgan fingerprint density at radius 2 is 2.28 bits per heavy atom. The van der Waals surface area contributed by atoms with E-state index in [4.69, 9.17) is 5.21 Å². The van der Waals surface area contributed by atoms with Crippen molar-refractivity contribution in [3.8, 4) is 0 Å². The van der Waals surface area contributed by atoms with E-state index < -0.39 is 5.23 Å². The van der Waals surface area contributed by atoms with Gasteiger partial charge in [-0.2, -0.15) is 5.23 Å². The zero-order valence-corrected chi connectivity index (χ0v) is 11.0. The van der Waals surface area contributed by atoms with Crippen molar-refractivity contribution < 1.29 is 15.2 Å². The van der Waals surface area contributed by atoms with Crippen LogP contribution in [0.15, 0.2) is 18.3 Å². The summed E-state index contributed by atoms with van der Waals surface area (Å²) in [4.78, 5) is 17.4. The number of amides is 1. The van der Waals surface area contributed by atoms with E-state index in [1.54, 1.807) is 0 Å². The third-order valence-electron chi connectivity index (χ3n) is 2.08. The third-order valence-corrected chi connectivity index (χ3v) is 2.08. The van der Waals surface area contributed by atoms with Crippen molar-refractivity contribution in [3.63, 3.8) is 0 Å². The summed E-state index contributed by atoms with van der Waals surface area (Å²) in [6.07, 6.45) is 1.31. The molecule has 1 unspecified atom stereocenters. The Bertz CT molecular complexity index is 387. The molecular weight excluding hydrogens is 260 g/mol. The molecule has 0 aromatic carbocycles. The van der Waals surface area contributed by atoms with Crippen LogP contribution < -0.4 is 10.5 Å². The number of nitrogens with zero attached hydrogens (tertiary/aromatic N) is 2. The Hall–Kier alpha value is -1.25. The lowest BCUT2D eigenvalue weighted by molar-refractivity contribution is -0.991. The molecule has 0 aliphatic heterocycles. The van der Waals surface area contributed by atoms with Gasteiger partial charge >= 0.3 is 0 Å². The monoisotopic (exact) mass is 276 g/mol. The number of aromatic nitrogens is 1. The normalized spacial score (nSPS) is 11.8. The maximum atomic E-state index is 11.6. The second-order valence-electron chi connectivity index (χ2n) is 3.79. The van der Waals surface area contributed by atoms with Gasteiger partial charge in [0, 0.05) is 31.4 Å². The molecule has 1 amide bonds. The number of hydrogen-bond donors (Lipinski definition) is 3. The highest BCUT2D eigenvalue weighted by Crippen LogP contribution is 2.02. The van der Waals surface area contributed by atoms with Gasteiger partial charge in [0.05, 0.1) is 0 Å². The van der Waals surface area contributed by atoms with E-state index in [1.165, 1.54) is 18.3 Å². The number of likely N-dealkylation sites (N-methyl/N-ethyl adjacent to an activating group) is 1. The van der Waals surface area contributed by atoms with E-state index in [0.29, 0.717) is 13.1 Å². The van der Waals surface area contributed by atoms with Crippen LogP contribution in [0, 0.1) is 5.21 Å². The predicted molar refractivity (Wildman–Crippen MR) is 68.1 cm³/mol. The van der Waals surface area contributed by atoms with Gasteiger partial charge in [0.1, 0.15) is 5.69 Å². The smallest absolute Gasteiger partial charge is 0.270 e. The maximum Gasteiger partial charge on any atom is 0.270 e. The summed E-state index contributed by atoms with van der Waals surface area (Å²) < 4.78 is 0. The summed E-state index contributed by atoms with van der Waals surface area (Å²) in [5, 5.41) is 21.1. The maximum absolute atomic E-state index is 11.6. The van der Waals surface area contributed by atoms with E-state index in [0.717, 1.165) is 0 Å². The van der Waals surface area contributed by atoms with Crippen molar-refractivity contribution in [1.82, 2.24) is 15.2 Å². The second-order valence-corrected chi connectivity index (χ2v) is 3.79. The van der Waals surface area contributed by atoms with Gasteiger partial charge in [0.25, 0.3) is 5.91 Å². The first-order valence-electron chi connectivity index (χ1n) is 5.13. The zero-order valence-electron chi connectivity index (χ0n) is 10.2. The molecule has 1 heterocycles. The fourth-order valence-corrected chi connectivity index (χ4v) is 1.17. The average Bonchev–Trinajstić information content (AvgIpc) is 2.28. The first-order valence-corrected chi connectivity index (χ1v) is 5.13. The fraction of sp³-hybridized carbons (Fsp3) is 0.400. The van der Waals surface area contributed by atoms with Crippen LogP contribution in [-0.4, -0.2) is 48.2 Å². The highest BCUT2D eigenvalue weighted by atomic mass is 35.5. The molecule has 1 rings (SSSR count). The van der Waals surface area contributed by atoms with Gasteiger partial charge in [0.2, 0.25) is 0 Å². The molecule has 1 aromatic heterocycles. The molecule has 0 radical (unpaired) electrons. The molecule has 0 fully saturated rings. The molecule has 18 heavy (non-hydrogen) atoms. The Morgan fingerprint density at radius 3 is 2.83 bits per heavy atom. The van der Waals surface area contributed by atoms with Gasteiger partial charge in [-0.3, -0.25) is 9.78 Å². The average molecular weight is 277 g/mol. The van der Waals surface area contributed by atoms with Crippen LogP contribution in [0.4, 0.5) is 5.69 Å². The van der Waals surface area contributed by atoms with Crippen molar-refractivity contribution in [1.29, 1.82) is 0 Å². The van der Waals surface area contributed by atoms with Gasteiger partial charge in [-0.15, -0.1) is 12.4 Å². The molecule has 0 spiro atoms. The predicted octanol–water partition coefficient (Wildman–Crippen LogP) is -0.802. The van der Waals surface area contributed by atoms with Gasteiger partial charge in [-0.05, 0) is 14.1 Å². The van der Waals surface area contributed by atoms with Gasteiger partial charge in [0.15, 0.2) is 5.69 Å². The number of nitrogens with one attached hydrogen (secondary N) is 2. The lowest BCUT2D eigenvalue weighted by atomic mass is 10.3. The van der Waals surface area contributed by atoms with Gasteiger partial charge in [-0.25, -0.2) is 5.21 Å². The lowest BCUT2D eigenvalue weighted by Crippen LogP contribution is -2.99. The number of carbonyl (C=O) groups is 1. The Labute approximate surface area is 111 Å². The summed E-state index contributed by atoms with van der Waals surface area (Å²) in [5.74, 6) is -0.366. The number of hydrogen-bond acceptors (Lipinski definition) is 5. The first kappa shape index (κ1) is 16.8. The topological polar surface area (TPSA) is 93.0 Å². The van der Waals surface area contributed by atoms with Crippen LogP contribution >= 0.6 is 12.4 Å². The van der Waals surface area contributed by atoms with Crippen molar-refractivity contribution >= 4 is 24.0 Å². The molecule has 8 heteroatoms. The molecular formula is C10H17ClN4O3. The third kappa shape index (κ3) is 5.39. The summed E-state index contributed by atoms with van der Waals surface area (Å²) in [6.45, 7) is 1.20. The van der Waals surface area contributed by atoms with Crippen LogP contribution in [0.25, 0.3) is 0 Å². The molecule has 0 aliphatic rings. The SMILES string of the molecule is CN(C)CCNC(=O)c1cc([NH+]([O-])O)ccn1.Cl. The molecule has 3 N–H and O–H groups in total. The number of halogens is 1. The Kier molecular flexibility index (Phi) is 7.41. The molecule has 0 aliphatic carbocycles. The first-order chi connectivity index (χ1) is 8.00. The molecule has 102 valence electrons. The highest BCUT2D eigenvalue weighted by Gasteiger charge is 2.09. The van der Waals surface area contributed by atoms with E-state index in [1.807, 2.05) is 19.0 Å². The standard InChI is InChI=1S/C10H16N4O3.ClH/c1-13(2)6-5-12-10(15)9-7-8(14(16)17)3-4-11-9;/h3-4,7,14,16H,5-6H2,1-2H3,(H,12,15);1H. The lowest BCUT2D eigenvalue weighted by Gasteiger charge is -2.12. The second kappa shape index (κ2) is 7.96. The molecule has 0 saturated heterocycles. The van der Waals surface area contributed by atoms with Gasteiger partial charge < -0.3 is 15.4 Å². The summed E-state index contributed by atoms with van der Waals surface area (Å²) in [6, 6.07) is 2.60. The van der Waals surface area contributed by atoms with Gasteiger partial charge in [-0.1, -0.05) is 0 Å². The van der Waals surface area contributed by atoms with Crippen LogP contribution in [0.5, 0.6) is 0 Å². The molecule has 0 bridgehead atoms. The number of carbonyl (C=O) groups excluding carboxylic acids is 1. The molecule has 0 saturated carbocycles. The Balaban J connectivity index is 0.00000289. The molecule has 7 nitrogen and oxygen atoms in total. The van der Waals surface area contributed by atoms with E-state index in [9.17, 15) is 10.0 Å². The zero-order chi connectivity index (χ0) is 12.8. The summed E-state index contributed by atoms with van der Waals surface area (Å²) in [5.41, 5.74) is 0.168. The van der Waals surface area contributed by atoms with E-state index in [-0.39, 0.29) is 29.7 Å². The van der Waals surface area contributed by atoms with E-state index in [2.05, 4.69) is 10.3 Å². The largest absolute Gasteiger partial charge is 0.595 e. The van der Waals surface area contributed by atoms with Crippen molar-refractivity contribution in [2.75, 3.05) is 27.2 Å². The molecule has 1 atom stereocenters. The van der Waals surface area contributed by atoms with Crippen LogP contribution in [0.1, 0.15) is 10.5 Å². The van der Waals surface area contributed by atoms with Crippen LogP contribution in [-0.2, 0) is 0 Å². The molecule has 1 aromatic rings. The number of rotatable bonds is 5. The van der Waals surface area contributed by atoms with E-state index >= 15 is 0 Å².